The summed E-state index contributed by atoms with van der Waals surface area (Å²) in [6.07, 6.45) is 1.97. The summed E-state index contributed by atoms with van der Waals surface area (Å²) in [7, 11) is 0. The number of hydrogen-bond acceptors (Lipinski definition) is 4. The Hall–Kier alpha value is -3.35. The highest BCUT2D eigenvalue weighted by molar-refractivity contribution is 5.92. The summed E-state index contributed by atoms with van der Waals surface area (Å²) in [4.78, 5) is 41.6. The van der Waals surface area contributed by atoms with Crippen LogP contribution in [0.1, 0.15) is 75.3 Å². The minimum Gasteiger partial charge on any atom is -0.444 e. The molecule has 2 atom stereocenters. The molecule has 0 spiro atoms. The predicted molar refractivity (Wildman–Crippen MR) is 140 cm³/mol. The third-order valence-electron chi connectivity index (χ3n) is 6.51. The average molecular weight is 494 g/mol. The van der Waals surface area contributed by atoms with Crippen molar-refractivity contribution in [2.24, 2.45) is 0 Å². The number of ether oxygens (including phenoxy) is 1. The van der Waals surface area contributed by atoms with Crippen LogP contribution in [-0.4, -0.2) is 40.5 Å². The summed E-state index contributed by atoms with van der Waals surface area (Å²) in [6, 6.07) is 13.8. The normalized spacial score (nSPS) is 15.3. The molecule has 1 aliphatic rings. The van der Waals surface area contributed by atoms with Crippen LogP contribution in [0.5, 0.6) is 0 Å². The van der Waals surface area contributed by atoms with Crippen molar-refractivity contribution < 1.29 is 19.1 Å². The lowest BCUT2D eigenvalue weighted by Crippen LogP contribution is -2.56. The molecule has 194 valence electrons. The van der Waals surface area contributed by atoms with E-state index in [1.807, 2.05) is 62.4 Å². The zero-order valence-corrected chi connectivity index (χ0v) is 22.3. The van der Waals surface area contributed by atoms with Crippen LogP contribution in [0.3, 0.4) is 0 Å². The van der Waals surface area contributed by atoms with Gasteiger partial charge in [-0.3, -0.25) is 9.59 Å². The molecule has 0 aromatic heterocycles. The van der Waals surface area contributed by atoms with Crippen LogP contribution in [0, 0.1) is 13.8 Å². The second-order valence-electron chi connectivity index (χ2n) is 10.6. The summed E-state index contributed by atoms with van der Waals surface area (Å²) in [6.45, 7) is 11.3. The minimum absolute atomic E-state index is 0.0746. The Morgan fingerprint density at radius 1 is 1.03 bits per heavy atom. The second kappa shape index (κ2) is 11.6. The summed E-state index contributed by atoms with van der Waals surface area (Å²) in [5.41, 5.74) is 3.22. The molecule has 2 unspecified atom stereocenters. The van der Waals surface area contributed by atoms with E-state index in [9.17, 15) is 14.4 Å². The molecule has 1 aliphatic carbocycles. The molecule has 0 heterocycles. The maximum Gasteiger partial charge on any atom is 0.408 e. The number of alkyl carbamates (subject to hydrolysis) is 1. The average Bonchev–Trinajstić information content (AvgIpc) is 2.77. The summed E-state index contributed by atoms with van der Waals surface area (Å²) >= 11 is 0. The quantitative estimate of drug-likeness (QED) is 0.544. The fourth-order valence-electron chi connectivity index (χ4n) is 4.21. The van der Waals surface area contributed by atoms with Gasteiger partial charge >= 0.3 is 6.09 Å². The minimum atomic E-state index is -0.851. The van der Waals surface area contributed by atoms with Crippen LogP contribution in [0.2, 0.25) is 0 Å². The molecule has 0 aliphatic heterocycles. The van der Waals surface area contributed by atoms with E-state index in [1.165, 1.54) is 0 Å². The van der Waals surface area contributed by atoms with Crippen molar-refractivity contribution in [3.05, 3.63) is 70.8 Å². The molecule has 1 saturated carbocycles. The molecule has 2 aromatic rings. The fourth-order valence-corrected chi connectivity index (χ4v) is 4.21. The topological polar surface area (TPSA) is 87.7 Å². The number of rotatable bonds is 8. The second-order valence-corrected chi connectivity index (χ2v) is 10.6. The van der Waals surface area contributed by atoms with Gasteiger partial charge in [-0.25, -0.2) is 4.79 Å². The number of aryl methyl sites for hydroxylation is 2. The third-order valence-corrected chi connectivity index (χ3v) is 6.51. The van der Waals surface area contributed by atoms with Crippen LogP contribution < -0.4 is 10.6 Å². The Bertz CT molecular complexity index is 1070. The largest absolute Gasteiger partial charge is 0.444 e. The van der Waals surface area contributed by atoms with Gasteiger partial charge in [-0.05, 0) is 83.1 Å². The molecule has 0 saturated heterocycles. The molecular weight excluding hydrogens is 454 g/mol. The van der Waals surface area contributed by atoms with Gasteiger partial charge in [0, 0.05) is 12.6 Å². The molecule has 7 nitrogen and oxygen atoms in total. The van der Waals surface area contributed by atoms with Gasteiger partial charge in [0.15, 0.2) is 0 Å². The first-order chi connectivity index (χ1) is 17.0. The zero-order chi connectivity index (χ0) is 26.5. The molecular formula is C29H39N3O4. The van der Waals surface area contributed by atoms with Crippen molar-refractivity contribution >= 4 is 17.9 Å². The van der Waals surface area contributed by atoms with Crippen molar-refractivity contribution in [2.45, 2.75) is 91.1 Å². The summed E-state index contributed by atoms with van der Waals surface area (Å²) < 4.78 is 5.35. The molecule has 3 rings (SSSR count). The molecule has 0 radical (unpaired) electrons. The molecule has 36 heavy (non-hydrogen) atoms. The molecule has 7 heteroatoms. The highest BCUT2D eigenvalue weighted by Gasteiger charge is 2.41. The number of carbonyl (C=O) groups is 3. The van der Waals surface area contributed by atoms with Crippen LogP contribution in [0.15, 0.2) is 48.5 Å². The van der Waals surface area contributed by atoms with E-state index >= 15 is 0 Å². The predicted octanol–water partition coefficient (Wildman–Crippen LogP) is 4.96. The lowest BCUT2D eigenvalue weighted by Gasteiger charge is -2.43. The molecule has 0 bridgehead atoms. The van der Waals surface area contributed by atoms with Crippen molar-refractivity contribution in [2.75, 3.05) is 0 Å². The summed E-state index contributed by atoms with van der Waals surface area (Å²) in [5.74, 6) is -0.546. The van der Waals surface area contributed by atoms with E-state index in [0.29, 0.717) is 6.54 Å². The first kappa shape index (κ1) is 27.2. The van der Waals surface area contributed by atoms with Gasteiger partial charge in [0.2, 0.25) is 11.8 Å². The Morgan fingerprint density at radius 3 is 2.25 bits per heavy atom. The van der Waals surface area contributed by atoms with E-state index in [4.69, 9.17) is 4.74 Å². The van der Waals surface area contributed by atoms with Gasteiger partial charge < -0.3 is 20.3 Å². The Morgan fingerprint density at radius 2 is 1.69 bits per heavy atom. The van der Waals surface area contributed by atoms with Crippen molar-refractivity contribution in [3.8, 4) is 0 Å². The van der Waals surface area contributed by atoms with Gasteiger partial charge in [0.05, 0.1) is 0 Å². The van der Waals surface area contributed by atoms with Gasteiger partial charge in [-0.2, -0.15) is 0 Å². The zero-order valence-electron chi connectivity index (χ0n) is 22.3. The summed E-state index contributed by atoms with van der Waals surface area (Å²) in [5, 5.41) is 5.70. The van der Waals surface area contributed by atoms with E-state index in [-0.39, 0.29) is 17.9 Å². The molecule has 2 aromatic carbocycles. The van der Waals surface area contributed by atoms with Crippen molar-refractivity contribution in [3.63, 3.8) is 0 Å². The van der Waals surface area contributed by atoms with Gasteiger partial charge in [0.25, 0.3) is 0 Å². The monoisotopic (exact) mass is 493 g/mol. The molecule has 2 N–H and O–H groups in total. The van der Waals surface area contributed by atoms with E-state index < -0.39 is 23.8 Å². The molecule has 3 amide bonds. The molecule has 1 fully saturated rings. The SMILES string of the molecule is Cc1ccc(C(C(=O)NCc2ccccc2)N(C(=O)C(C)NC(=O)OC(C)(C)C)C2CCC2)cc1C. The fraction of sp³-hybridized carbons (Fsp3) is 0.483. The highest BCUT2D eigenvalue weighted by atomic mass is 16.6. The van der Waals surface area contributed by atoms with Crippen LogP contribution >= 0.6 is 0 Å². The first-order valence-electron chi connectivity index (χ1n) is 12.7. The first-order valence-corrected chi connectivity index (χ1v) is 12.7. The Labute approximate surface area is 214 Å². The van der Waals surface area contributed by atoms with E-state index in [0.717, 1.165) is 41.5 Å². The third kappa shape index (κ3) is 7.09. The van der Waals surface area contributed by atoms with E-state index in [1.54, 1.807) is 32.6 Å². The Balaban J connectivity index is 1.91. The van der Waals surface area contributed by atoms with E-state index in [2.05, 4.69) is 10.6 Å². The maximum absolute atomic E-state index is 13.8. The standard InChI is InChI=1S/C29H39N3O4/c1-19-15-16-23(17-20(19)2)25(26(33)30-18-22-11-8-7-9-12-22)32(24-13-10-14-24)27(34)21(3)31-28(35)36-29(4,5)6/h7-9,11-12,15-17,21,24-25H,10,13-14,18H2,1-6H3,(H,30,33)(H,31,35). The number of carbonyl (C=O) groups excluding carboxylic acids is 3. The van der Waals surface area contributed by atoms with Crippen LogP contribution in [-0.2, 0) is 20.9 Å². The van der Waals surface area contributed by atoms with Gasteiger partial charge in [-0.15, -0.1) is 0 Å². The number of amides is 3. The van der Waals surface area contributed by atoms with Gasteiger partial charge in [0.1, 0.15) is 17.7 Å². The number of nitrogens with one attached hydrogen (secondary N) is 2. The van der Waals surface area contributed by atoms with Crippen molar-refractivity contribution in [1.29, 1.82) is 0 Å². The van der Waals surface area contributed by atoms with Crippen LogP contribution in [0.25, 0.3) is 0 Å². The van der Waals surface area contributed by atoms with Crippen molar-refractivity contribution in [1.82, 2.24) is 15.5 Å². The lowest BCUT2D eigenvalue weighted by molar-refractivity contribution is -0.147. The smallest absolute Gasteiger partial charge is 0.408 e. The van der Waals surface area contributed by atoms with Crippen LogP contribution in [0.4, 0.5) is 4.79 Å². The van der Waals surface area contributed by atoms with Gasteiger partial charge in [-0.1, -0.05) is 48.5 Å². The number of benzene rings is 2. The highest BCUT2D eigenvalue weighted by Crippen LogP contribution is 2.34. The Kier molecular flexibility index (Phi) is 8.77. The lowest BCUT2D eigenvalue weighted by atomic mass is 9.87. The number of nitrogens with zero attached hydrogens (tertiary/aromatic N) is 1. The number of hydrogen-bond donors (Lipinski definition) is 2. The maximum atomic E-state index is 13.8.